The summed E-state index contributed by atoms with van der Waals surface area (Å²) in [6.45, 7) is 0. The van der Waals surface area contributed by atoms with Crippen LogP contribution in [0.25, 0.3) is 0 Å². The van der Waals surface area contributed by atoms with Gasteiger partial charge >= 0.3 is 0 Å². The highest BCUT2D eigenvalue weighted by atomic mass is 16.5. The lowest BCUT2D eigenvalue weighted by Crippen LogP contribution is -2.31. The zero-order chi connectivity index (χ0) is 12.4. The van der Waals surface area contributed by atoms with Crippen molar-refractivity contribution in [3.63, 3.8) is 0 Å². The zero-order valence-corrected chi connectivity index (χ0v) is 9.99. The minimum Gasteiger partial charge on any atom is -0.487 e. The fourth-order valence-electron chi connectivity index (χ4n) is 2.32. The van der Waals surface area contributed by atoms with Crippen molar-refractivity contribution in [2.75, 3.05) is 0 Å². The molecule has 0 amide bonds. The van der Waals surface area contributed by atoms with Gasteiger partial charge in [-0.15, -0.1) is 0 Å². The summed E-state index contributed by atoms with van der Waals surface area (Å²) < 4.78 is 5.78. The number of pyridine rings is 1. The summed E-state index contributed by atoms with van der Waals surface area (Å²) in [7, 11) is 0. The fourth-order valence-corrected chi connectivity index (χ4v) is 2.32. The van der Waals surface area contributed by atoms with Crippen molar-refractivity contribution in [1.29, 1.82) is 0 Å². The Hall–Kier alpha value is -1.87. The second-order valence-electron chi connectivity index (χ2n) is 4.60. The molecule has 1 aliphatic rings. The highest BCUT2D eigenvalue weighted by Gasteiger charge is 2.28. The van der Waals surface area contributed by atoms with Crippen LogP contribution in [0.1, 0.15) is 11.1 Å². The number of hydrogen-bond donors (Lipinski definition) is 1. The van der Waals surface area contributed by atoms with Crippen molar-refractivity contribution in [2.24, 2.45) is 0 Å². The van der Waals surface area contributed by atoms with E-state index in [9.17, 15) is 5.11 Å². The van der Waals surface area contributed by atoms with Gasteiger partial charge in [-0.3, -0.25) is 4.98 Å². The molecule has 2 atom stereocenters. The average Bonchev–Trinajstić information content (AvgIpc) is 2.84. The molecule has 0 aliphatic carbocycles. The largest absolute Gasteiger partial charge is 0.487 e. The summed E-state index contributed by atoms with van der Waals surface area (Å²) in [5.41, 5.74) is 2.26. The smallest absolute Gasteiger partial charge is 0.129 e. The molecule has 3 heteroatoms. The van der Waals surface area contributed by atoms with Crippen molar-refractivity contribution in [3.05, 3.63) is 59.9 Å². The Labute approximate surface area is 106 Å². The highest BCUT2D eigenvalue weighted by Crippen LogP contribution is 2.30. The van der Waals surface area contributed by atoms with Crippen molar-refractivity contribution >= 4 is 0 Å². The zero-order valence-electron chi connectivity index (χ0n) is 9.99. The normalized spacial score (nSPS) is 19.1. The molecule has 1 aliphatic heterocycles. The molecule has 1 N–H and O–H groups in total. The SMILES string of the molecule is OC(Cc1ccncc1)C1Cc2ccccc2O1. The molecule has 2 heterocycles. The van der Waals surface area contributed by atoms with Gasteiger partial charge in [0.25, 0.3) is 0 Å². The topological polar surface area (TPSA) is 42.4 Å². The highest BCUT2D eigenvalue weighted by molar-refractivity contribution is 5.37. The standard InChI is InChI=1S/C15H15NO2/c17-13(9-11-5-7-16-8-6-11)15-10-12-3-1-2-4-14(12)18-15/h1-8,13,15,17H,9-10H2. The summed E-state index contributed by atoms with van der Waals surface area (Å²) >= 11 is 0. The van der Waals surface area contributed by atoms with Crippen LogP contribution >= 0.6 is 0 Å². The number of aliphatic hydroxyl groups is 1. The number of rotatable bonds is 3. The first-order chi connectivity index (χ1) is 8.83. The van der Waals surface area contributed by atoms with Gasteiger partial charge in [-0.2, -0.15) is 0 Å². The van der Waals surface area contributed by atoms with E-state index in [-0.39, 0.29) is 6.10 Å². The van der Waals surface area contributed by atoms with Gasteiger partial charge in [0.2, 0.25) is 0 Å². The lowest BCUT2D eigenvalue weighted by atomic mass is 10.0. The van der Waals surface area contributed by atoms with E-state index in [4.69, 9.17) is 4.74 Å². The van der Waals surface area contributed by atoms with Crippen LogP contribution in [0, 0.1) is 0 Å². The monoisotopic (exact) mass is 241 g/mol. The van der Waals surface area contributed by atoms with Gasteiger partial charge in [0.05, 0.1) is 6.10 Å². The van der Waals surface area contributed by atoms with Gasteiger partial charge in [-0.05, 0) is 29.3 Å². The first kappa shape index (κ1) is 11.2. The number of aromatic nitrogens is 1. The third kappa shape index (κ3) is 2.22. The van der Waals surface area contributed by atoms with Crippen LogP contribution in [-0.2, 0) is 12.8 Å². The quantitative estimate of drug-likeness (QED) is 0.893. The molecule has 0 bridgehead atoms. The molecule has 0 saturated carbocycles. The van der Waals surface area contributed by atoms with Crippen LogP contribution in [0.15, 0.2) is 48.8 Å². The van der Waals surface area contributed by atoms with E-state index >= 15 is 0 Å². The molecule has 0 radical (unpaired) electrons. The molecular weight excluding hydrogens is 226 g/mol. The second kappa shape index (κ2) is 4.78. The van der Waals surface area contributed by atoms with E-state index in [0.29, 0.717) is 6.42 Å². The van der Waals surface area contributed by atoms with E-state index in [1.807, 2.05) is 30.3 Å². The predicted molar refractivity (Wildman–Crippen MR) is 68.5 cm³/mol. The molecule has 2 unspecified atom stereocenters. The summed E-state index contributed by atoms with van der Waals surface area (Å²) in [6, 6.07) is 11.8. The Morgan fingerprint density at radius 2 is 2.00 bits per heavy atom. The van der Waals surface area contributed by atoms with Crippen LogP contribution in [0.5, 0.6) is 5.75 Å². The minimum atomic E-state index is -0.486. The van der Waals surface area contributed by atoms with E-state index in [2.05, 4.69) is 11.1 Å². The van der Waals surface area contributed by atoms with Gasteiger partial charge < -0.3 is 9.84 Å². The first-order valence-electron chi connectivity index (χ1n) is 6.14. The predicted octanol–water partition coefficient (Wildman–Crippen LogP) is 1.99. The van der Waals surface area contributed by atoms with Crippen molar-refractivity contribution < 1.29 is 9.84 Å². The minimum absolute atomic E-state index is 0.143. The Morgan fingerprint density at radius 1 is 1.22 bits per heavy atom. The van der Waals surface area contributed by atoms with Crippen molar-refractivity contribution in [3.8, 4) is 5.75 Å². The van der Waals surface area contributed by atoms with Gasteiger partial charge in [-0.1, -0.05) is 18.2 Å². The first-order valence-corrected chi connectivity index (χ1v) is 6.14. The van der Waals surface area contributed by atoms with Crippen LogP contribution in [0.2, 0.25) is 0 Å². The van der Waals surface area contributed by atoms with Crippen LogP contribution in [0.4, 0.5) is 0 Å². The number of benzene rings is 1. The molecule has 0 spiro atoms. The van der Waals surface area contributed by atoms with Gasteiger partial charge in [0.1, 0.15) is 11.9 Å². The number of para-hydroxylation sites is 1. The van der Waals surface area contributed by atoms with E-state index in [1.54, 1.807) is 12.4 Å². The Morgan fingerprint density at radius 3 is 2.78 bits per heavy atom. The Kier molecular flexibility index (Phi) is 2.99. The van der Waals surface area contributed by atoms with Gasteiger partial charge in [0, 0.05) is 25.2 Å². The third-order valence-electron chi connectivity index (χ3n) is 3.30. The Balaban J connectivity index is 1.67. The van der Waals surface area contributed by atoms with Crippen LogP contribution in [0.3, 0.4) is 0 Å². The maximum Gasteiger partial charge on any atom is 0.129 e. The molecule has 1 aromatic heterocycles. The third-order valence-corrected chi connectivity index (χ3v) is 3.30. The van der Waals surface area contributed by atoms with Crippen molar-refractivity contribution in [1.82, 2.24) is 4.98 Å². The van der Waals surface area contributed by atoms with Gasteiger partial charge in [-0.25, -0.2) is 0 Å². The number of aliphatic hydroxyl groups excluding tert-OH is 1. The lowest BCUT2D eigenvalue weighted by Gasteiger charge is -2.17. The van der Waals surface area contributed by atoms with Crippen molar-refractivity contribution in [2.45, 2.75) is 25.0 Å². The molecule has 2 aromatic rings. The average molecular weight is 241 g/mol. The van der Waals surface area contributed by atoms with E-state index in [1.165, 1.54) is 5.56 Å². The molecule has 1 aromatic carbocycles. The van der Waals surface area contributed by atoms with Crippen LogP contribution in [-0.4, -0.2) is 22.3 Å². The number of fused-ring (bicyclic) bond motifs is 1. The maximum atomic E-state index is 10.2. The fraction of sp³-hybridized carbons (Fsp3) is 0.267. The molecule has 3 nitrogen and oxygen atoms in total. The molecule has 18 heavy (non-hydrogen) atoms. The van der Waals surface area contributed by atoms with Crippen LogP contribution < -0.4 is 4.74 Å². The Bertz CT molecular complexity index is 502. The summed E-state index contributed by atoms with van der Waals surface area (Å²) in [6.07, 6.45) is 4.23. The van der Waals surface area contributed by atoms with E-state index in [0.717, 1.165) is 17.7 Å². The summed E-state index contributed by atoms with van der Waals surface area (Å²) in [4.78, 5) is 3.97. The maximum absolute atomic E-state index is 10.2. The molecule has 0 saturated heterocycles. The summed E-state index contributed by atoms with van der Waals surface area (Å²) in [5.74, 6) is 0.899. The van der Waals surface area contributed by atoms with E-state index < -0.39 is 6.10 Å². The number of nitrogens with zero attached hydrogens (tertiary/aromatic N) is 1. The lowest BCUT2D eigenvalue weighted by molar-refractivity contribution is 0.0503. The molecule has 3 rings (SSSR count). The summed E-state index contributed by atoms with van der Waals surface area (Å²) in [5, 5.41) is 10.2. The van der Waals surface area contributed by atoms with Gasteiger partial charge in [0.15, 0.2) is 0 Å². The molecule has 92 valence electrons. The number of ether oxygens (including phenoxy) is 1. The molecule has 0 fully saturated rings. The molecular formula is C15H15NO2. The second-order valence-corrected chi connectivity index (χ2v) is 4.60. The number of hydrogen-bond acceptors (Lipinski definition) is 3.